The predicted octanol–water partition coefficient (Wildman–Crippen LogP) is 4.34. The Morgan fingerprint density at radius 3 is 2.54 bits per heavy atom. The summed E-state index contributed by atoms with van der Waals surface area (Å²) in [5.41, 5.74) is 2.05. The second-order valence-electron chi connectivity index (χ2n) is 7.59. The third kappa shape index (κ3) is 4.87. The van der Waals surface area contributed by atoms with Gasteiger partial charge in [-0.3, -0.25) is 9.36 Å². The van der Waals surface area contributed by atoms with Crippen LogP contribution in [0.1, 0.15) is 31.0 Å². The lowest BCUT2D eigenvalue weighted by atomic mass is 9.95. The Hall–Kier alpha value is -2.69. The maximum atomic E-state index is 13.7. The number of carbonyl (C=O) groups is 1. The maximum absolute atomic E-state index is 13.7. The second-order valence-corrected chi connectivity index (χ2v) is 10.4. The molecule has 1 atom stereocenters. The molecule has 0 bridgehead atoms. The number of thiazole rings is 1. The van der Waals surface area contributed by atoms with Crippen molar-refractivity contribution in [3.63, 3.8) is 0 Å². The minimum atomic E-state index is -0.774. The lowest BCUT2D eigenvalue weighted by Gasteiger charge is -2.26. The van der Waals surface area contributed by atoms with E-state index in [1.165, 1.54) is 18.4 Å². The Morgan fingerprint density at radius 1 is 1.17 bits per heavy atom. The summed E-state index contributed by atoms with van der Waals surface area (Å²) in [6.07, 6.45) is 1.82. The highest BCUT2D eigenvalue weighted by molar-refractivity contribution is 9.10. The van der Waals surface area contributed by atoms with Gasteiger partial charge in [-0.15, -0.1) is 0 Å². The van der Waals surface area contributed by atoms with E-state index >= 15 is 0 Å². The number of methoxy groups -OCH3 is 2. The first-order valence-electron chi connectivity index (χ1n) is 10.7. The zero-order valence-corrected chi connectivity index (χ0v) is 23.4. The fourth-order valence-electron chi connectivity index (χ4n) is 3.91. The number of rotatable bonds is 6. The Kier molecular flexibility index (Phi) is 7.63. The molecule has 35 heavy (non-hydrogen) atoms. The van der Waals surface area contributed by atoms with Crippen molar-refractivity contribution in [3.05, 3.63) is 87.4 Å². The third-order valence-electron chi connectivity index (χ3n) is 5.46. The highest BCUT2D eigenvalue weighted by atomic mass is 79.9. The first-order chi connectivity index (χ1) is 16.8. The molecule has 7 nitrogen and oxygen atoms in total. The number of ether oxygens (including phenoxy) is 3. The smallest absolute Gasteiger partial charge is 0.338 e. The standard InChI is InChI=1S/C25H22Br2N2O5S/c1-5-34-24(31)21-13(2)28-25-29(22(21)16-11-18(32-3)19(33-4)12-17(16)27)23(30)20(35-25)10-14-7-6-8-15(26)9-14/h6-12,22H,5H2,1-4H3/t22-/m1/s1. The monoisotopic (exact) mass is 620 g/mol. The second kappa shape index (κ2) is 10.5. The number of benzene rings is 2. The van der Waals surface area contributed by atoms with Crippen molar-refractivity contribution < 1.29 is 19.0 Å². The number of nitrogens with zero attached hydrogens (tertiary/aromatic N) is 2. The van der Waals surface area contributed by atoms with Crippen molar-refractivity contribution >= 4 is 55.2 Å². The van der Waals surface area contributed by atoms with Gasteiger partial charge in [-0.25, -0.2) is 9.79 Å². The van der Waals surface area contributed by atoms with Gasteiger partial charge in [0.2, 0.25) is 0 Å². The van der Waals surface area contributed by atoms with Crippen LogP contribution in [0.3, 0.4) is 0 Å². The first-order valence-corrected chi connectivity index (χ1v) is 13.1. The summed E-state index contributed by atoms with van der Waals surface area (Å²) in [5, 5.41) is 0. The SMILES string of the molecule is CCOC(=O)C1=C(C)N=c2sc(=Cc3cccc(Br)c3)c(=O)n2[C@@H]1c1cc(OC)c(OC)cc1Br. The number of hydrogen-bond donors (Lipinski definition) is 0. The molecule has 1 aromatic heterocycles. The highest BCUT2D eigenvalue weighted by Crippen LogP contribution is 2.40. The van der Waals surface area contributed by atoms with Crippen LogP contribution < -0.4 is 24.4 Å². The van der Waals surface area contributed by atoms with Crippen LogP contribution in [0.5, 0.6) is 11.5 Å². The van der Waals surface area contributed by atoms with E-state index in [2.05, 4.69) is 36.9 Å². The molecule has 0 unspecified atom stereocenters. The number of aromatic nitrogens is 1. The summed E-state index contributed by atoms with van der Waals surface area (Å²) in [4.78, 5) is 31.9. The maximum Gasteiger partial charge on any atom is 0.338 e. The molecule has 2 heterocycles. The van der Waals surface area contributed by atoms with Crippen LogP contribution in [0.25, 0.3) is 6.08 Å². The lowest BCUT2D eigenvalue weighted by molar-refractivity contribution is -0.139. The molecule has 1 aliphatic rings. The zero-order valence-electron chi connectivity index (χ0n) is 19.4. The fraction of sp³-hybridized carbons (Fsp3) is 0.240. The van der Waals surface area contributed by atoms with Crippen LogP contribution in [-0.2, 0) is 9.53 Å². The number of allylic oxidation sites excluding steroid dienone is 1. The Bertz CT molecular complexity index is 1520. The van der Waals surface area contributed by atoms with Gasteiger partial charge in [-0.2, -0.15) is 0 Å². The van der Waals surface area contributed by atoms with Crippen LogP contribution in [0.2, 0.25) is 0 Å². The molecule has 0 saturated carbocycles. The lowest BCUT2D eigenvalue weighted by Crippen LogP contribution is -2.40. The molecule has 0 radical (unpaired) electrons. The van der Waals surface area contributed by atoms with Crippen molar-refractivity contribution in [3.8, 4) is 11.5 Å². The molecule has 0 saturated heterocycles. The molecule has 0 aliphatic carbocycles. The van der Waals surface area contributed by atoms with E-state index < -0.39 is 12.0 Å². The largest absolute Gasteiger partial charge is 0.493 e. The zero-order chi connectivity index (χ0) is 25.3. The number of fused-ring (bicyclic) bond motifs is 1. The van der Waals surface area contributed by atoms with E-state index in [1.807, 2.05) is 30.3 Å². The van der Waals surface area contributed by atoms with E-state index in [4.69, 9.17) is 14.2 Å². The van der Waals surface area contributed by atoms with Crippen molar-refractivity contribution in [1.29, 1.82) is 0 Å². The van der Waals surface area contributed by atoms with Gasteiger partial charge >= 0.3 is 5.97 Å². The molecule has 0 N–H and O–H groups in total. The van der Waals surface area contributed by atoms with Crippen molar-refractivity contribution in [1.82, 2.24) is 4.57 Å². The number of carbonyl (C=O) groups excluding carboxylic acids is 1. The van der Waals surface area contributed by atoms with Gasteiger partial charge in [0.1, 0.15) is 0 Å². The van der Waals surface area contributed by atoms with E-state index in [0.29, 0.717) is 42.1 Å². The normalized spacial score (nSPS) is 15.5. The van der Waals surface area contributed by atoms with Crippen LogP contribution in [-0.4, -0.2) is 31.4 Å². The molecule has 182 valence electrons. The molecular formula is C25H22Br2N2O5S. The van der Waals surface area contributed by atoms with Crippen molar-refractivity contribution in [2.45, 2.75) is 19.9 Å². The molecule has 2 aromatic carbocycles. The van der Waals surface area contributed by atoms with Gasteiger partial charge in [0, 0.05) is 8.95 Å². The van der Waals surface area contributed by atoms with Gasteiger partial charge in [-0.05, 0) is 55.3 Å². The summed E-state index contributed by atoms with van der Waals surface area (Å²) >= 11 is 8.34. The van der Waals surface area contributed by atoms with Gasteiger partial charge in [-0.1, -0.05) is 55.3 Å². The van der Waals surface area contributed by atoms with Crippen LogP contribution >= 0.6 is 43.2 Å². The summed E-state index contributed by atoms with van der Waals surface area (Å²) in [7, 11) is 3.08. The van der Waals surface area contributed by atoms with Gasteiger partial charge in [0.05, 0.1) is 42.7 Å². The number of hydrogen-bond acceptors (Lipinski definition) is 7. The van der Waals surface area contributed by atoms with Crippen LogP contribution in [0.15, 0.2) is 66.4 Å². The molecule has 4 rings (SSSR count). The van der Waals surface area contributed by atoms with Gasteiger partial charge in [0.25, 0.3) is 5.56 Å². The number of esters is 1. The topological polar surface area (TPSA) is 79.1 Å². The molecule has 0 spiro atoms. The molecule has 0 amide bonds. The van der Waals surface area contributed by atoms with Crippen molar-refractivity contribution in [2.24, 2.45) is 4.99 Å². The molecule has 1 aliphatic heterocycles. The average molecular weight is 622 g/mol. The molecule has 0 fully saturated rings. The first kappa shape index (κ1) is 25.4. The van der Waals surface area contributed by atoms with Crippen molar-refractivity contribution in [2.75, 3.05) is 20.8 Å². The molecule has 3 aromatic rings. The van der Waals surface area contributed by atoms with E-state index in [9.17, 15) is 9.59 Å². The molecule has 10 heteroatoms. The third-order valence-corrected chi connectivity index (χ3v) is 7.62. The fourth-order valence-corrected chi connectivity index (χ4v) is 5.92. The average Bonchev–Trinajstić information content (AvgIpc) is 3.12. The number of halogens is 2. The van der Waals surface area contributed by atoms with Gasteiger partial charge < -0.3 is 14.2 Å². The Morgan fingerprint density at radius 2 is 1.89 bits per heavy atom. The molecular weight excluding hydrogens is 600 g/mol. The predicted molar refractivity (Wildman–Crippen MR) is 142 cm³/mol. The quantitative estimate of drug-likeness (QED) is 0.383. The Balaban J connectivity index is 2.02. The minimum absolute atomic E-state index is 0.197. The summed E-state index contributed by atoms with van der Waals surface area (Å²) in [5.74, 6) is 0.463. The van der Waals surface area contributed by atoms with Crippen LogP contribution in [0.4, 0.5) is 0 Å². The highest BCUT2D eigenvalue weighted by Gasteiger charge is 2.35. The van der Waals surface area contributed by atoms with Gasteiger partial charge in [0.15, 0.2) is 16.3 Å². The van der Waals surface area contributed by atoms with E-state index in [1.54, 1.807) is 37.7 Å². The van der Waals surface area contributed by atoms with Crippen LogP contribution in [0, 0.1) is 0 Å². The Labute approximate surface area is 222 Å². The minimum Gasteiger partial charge on any atom is -0.493 e. The summed E-state index contributed by atoms with van der Waals surface area (Å²) in [6.45, 7) is 3.68. The summed E-state index contributed by atoms with van der Waals surface area (Å²) in [6, 6.07) is 10.4. The van der Waals surface area contributed by atoms with E-state index in [0.717, 1.165) is 10.0 Å². The van der Waals surface area contributed by atoms with E-state index in [-0.39, 0.29) is 12.2 Å². The summed E-state index contributed by atoms with van der Waals surface area (Å²) < 4.78 is 19.9.